The van der Waals surface area contributed by atoms with Crippen LogP contribution in [-0.4, -0.2) is 39.4 Å². The van der Waals surface area contributed by atoms with Crippen LogP contribution in [0.5, 0.6) is 5.75 Å². The van der Waals surface area contributed by atoms with Gasteiger partial charge >= 0.3 is 0 Å². The van der Waals surface area contributed by atoms with Crippen LogP contribution in [0.15, 0.2) is 48.9 Å². The van der Waals surface area contributed by atoms with Crippen LogP contribution in [-0.2, 0) is 17.6 Å². The number of likely N-dealkylation sites (tertiary alicyclic amines) is 1. The van der Waals surface area contributed by atoms with Crippen molar-refractivity contribution in [3.05, 3.63) is 71.6 Å². The maximum absolute atomic E-state index is 13.6. The average Bonchev–Trinajstić information content (AvgIpc) is 2.85. The minimum atomic E-state index is -0.0659. The monoisotopic (exact) mass is 444 g/mol. The Balaban J connectivity index is 1.70. The molecule has 2 aromatic heterocycles. The smallest absolute Gasteiger partial charge is 0.227 e. The van der Waals surface area contributed by atoms with Crippen molar-refractivity contribution in [3.63, 3.8) is 0 Å². The number of nitrogens with zero attached hydrogens (tertiary/aromatic N) is 4. The highest BCUT2D eigenvalue weighted by molar-refractivity contribution is 5.80. The van der Waals surface area contributed by atoms with E-state index in [4.69, 9.17) is 9.72 Å². The third-order valence-electron chi connectivity index (χ3n) is 6.25. The van der Waals surface area contributed by atoms with Gasteiger partial charge in [-0.3, -0.25) is 9.78 Å². The lowest BCUT2D eigenvalue weighted by atomic mass is 9.93. The molecule has 0 radical (unpaired) electrons. The fraction of sp³-hybridized carbons (Fsp3) is 0.407. The Morgan fingerprint density at radius 3 is 2.76 bits per heavy atom. The molecule has 4 rings (SSSR count). The number of carbonyl (C=O) groups is 1. The van der Waals surface area contributed by atoms with Gasteiger partial charge in [0, 0.05) is 42.7 Å². The van der Waals surface area contributed by atoms with Gasteiger partial charge in [-0.05, 0) is 56.4 Å². The molecule has 1 aromatic carbocycles. The number of hydrogen-bond donors (Lipinski definition) is 0. The van der Waals surface area contributed by atoms with Gasteiger partial charge in [0.2, 0.25) is 5.91 Å². The molecule has 3 heterocycles. The summed E-state index contributed by atoms with van der Waals surface area (Å²) in [5, 5.41) is 0. The third-order valence-corrected chi connectivity index (χ3v) is 6.25. The van der Waals surface area contributed by atoms with Crippen molar-refractivity contribution in [2.45, 2.75) is 58.4 Å². The molecular formula is C27H32N4O2. The normalized spacial score (nSPS) is 16.0. The summed E-state index contributed by atoms with van der Waals surface area (Å²) < 4.78 is 5.52. The summed E-state index contributed by atoms with van der Waals surface area (Å²) in [5.41, 5.74) is 5.00. The molecule has 1 fully saturated rings. The predicted molar refractivity (Wildman–Crippen MR) is 129 cm³/mol. The number of ether oxygens (including phenoxy) is 1. The minimum absolute atomic E-state index is 0.0659. The largest absolute Gasteiger partial charge is 0.496 e. The van der Waals surface area contributed by atoms with E-state index in [2.05, 4.69) is 16.9 Å². The number of carbonyl (C=O) groups excluding carboxylic acids is 1. The summed E-state index contributed by atoms with van der Waals surface area (Å²) in [7, 11) is 1.65. The molecule has 3 aromatic rings. The number of rotatable bonds is 7. The van der Waals surface area contributed by atoms with Crippen molar-refractivity contribution >= 4 is 5.91 Å². The van der Waals surface area contributed by atoms with Crippen LogP contribution in [0.4, 0.5) is 0 Å². The molecule has 33 heavy (non-hydrogen) atoms. The highest BCUT2D eigenvalue weighted by Crippen LogP contribution is 2.36. The molecule has 6 nitrogen and oxygen atoms in total. The van der Waals surface area contributed by atoms with Crippen molar-refractivity contribution in [1.29, 1.82) is 0 Å². The fourth-order valence-electron chi connectivity index (χ4n) is 4.61. The Morgan fingerprint density at radius 2 is 2.00 bits per heavy atom. The van der Waals surface area contributed by atoms with Crippen LogP contribution in [0, 0.1) is 6.92 Å². The molecule has 1 saturated heterocycles. The highest BCUT2D eigenvalue weighted by Gasteiger charge is 2.31. The zero-order valence-corrected chi connectivity index (χ0v) is 19.8. The van der Waals surface area contributed by atoms with Crippen LogP contribution in [0.25, 0.3) is 11.1 Å². The van der Waals surface area contributed by atoms with Crippen LogP contribution in [0.3, 0.4) is 0 Å². The number of aryl methyl sites for hydroxylation is 2. The second-order valence-corrected chi connectivity index (χ2v) is 8.66. The first-order chi connectivity index (χ1) is 16.1. The average molecular weight is 445 g/mol. The van der Waals surface area contributed by atoms with E-state index in [0.29, 0.717) is 6.42 Å². The second kappa shape index (κ2) is 10.6. The number of hydrogen-bond acceptors (Lipinski definition) is 5. The maximum Gasteiger partial charge on any atom is 0.227 e. The zero-order chi connectivity index (χ0) is 23.2. The number of amides is 1. The van der Waals surface area contributed by atoms with E-state index in [1.165, 1.54) is 0 Å². The van der Waals surface area contributed by atoms with Crippen molar-refractivity contribution < 1.29 is 9.53 Å². The van der Waals surface area contributed by atoms with Gasteiger partial charge in [-0.2, -0.15) is 0 Å². The topological polar surface area (TPSA) is 68.2 Å². The van der Waals surface area contributed by atoms with Crippen LogP contribution in [0.1, 0.15) is 61.3 Å². The van der Waals surface area contributed by atoms with Crippen LogP contribution in [0.2, 0.25) is 0 Å². The van der Waals surface area contributed by atoms with Gasteiger partial charge in [-0.25, -0.2) is 9.97 Å². The van der Waals surface area contributed by atoms with Crippen LogP contribution < -0.4 is 4.74 Å². The molecule has 0 bridgehead atoms. The van der Waals surface area contributed by atoms with Crippen molar-refractivity contribution in [2.24, 2.45) is 0 Å². The summed E-state index contributed by atoms with van der Waals surface area (Å²) in [6.07, 6.45) is 10.6. The molecule has 1 amide bonds. The van der Waals surface area contributed by atoms with Gasteiger partial charge in [-0.15, -0.1) is 0 Å². The molecular weight excluding hydrogens is 412 g/mol. The lowest BCUT2D eigenvalue weighted by molar-refractivity contribution is -0.134. The van der Waals surface area contributed by atoms with Crippen molar-refractivity contribution in [3.8, 4) is 16.9 Å². The molecule has 172 valence electrons. The molecule has 0 spiro atoms. The molecule has 1 aliphatic heterocycles. The molecule has 0 N–H and O–H groups in total. The van der Waals surface area contributed by atoms with Gasteiger partial charge in [0.15, 0.2) is 0 Å². The first kappa shape index (κ1) is 22.9. The third kappa shape index (κ3) is 5.21. The van der Waals surface area contributed by atoms with E-state index in [0.717, 1.165) is 78.2 Å². The highest BCUT2D eigenvalue weighted by atomic mass is 16.5. The first-order valence-corrected chi connectivity index (χ1v) is 11.8. The Kier molecular flexibility index (Phi) is 7.33. The van der Waals surface area contributed by atoms with E-state index >= 15 is 0 Å². The van der Waals surface area contributed by atoms with Gasteiger partial charge in [0.25, 0.3) is 0 Å². The van der Waals surface area contributed by atoms with Gasteiger partial charge in [0.1, 0.15) is 11.6 Å². The van der Waals surface area contributed by atoms with Crippen molar-refractivity contribution in [1.82, 2.24) is 19.9 Å². The number of pyridine rings is 1. The Hall–Kier alpha value is -3.28. The van der Waals surface area contributed by atoms with Gasteiger partial charge in [-0.1, -0.05) is 24.6 Å². The van der Waals surface area contributed by atoms with Crippen LogP contribution >= 0.6 is 0 Å². The molecule has 1 atom stereocenters. The molecule has 1 unspecified atom stereocenters. The van der Waals surface area contributed by atoms with E-state index in [1.807, 2.05) is 48.4 Å². The quantitative estimate of drug-likeness (QED) is 0.507. The molecule has 0 aliphatic carbocycles. The van der Waals surface area contributed by atoms with E-state index in [9.17, 15) is 4.79 Å². The first-order valence-electron chi connectivity index (χ1n) is 11.8. The minimum Gasteiger partial charge on any atom is -0.496 e. The fourth-order valence-corrected chi connectivity index (χ4v) is 4.61. The summed E-state index contributed by atoms with van der Waals surface area (Å²) >= 11 is 0. The van der Waals surface area contributed by atoms with Crippen molar-refractivity contribution in [2.75, 3.05) is 13.7 Å². The standard InChI is InChI=1S/C27H32N4O2/c1-4-7-25-29-18-22(20-11-13-28-14-12-20)27(30-25)23-8-5-6-15-31(23)26(32)17-21-16-19(2)9-10-24(21)33-3/h9-14,16,18,23H,4-8,15,17H2,1-3H3. The summed E-state index contributed by atoms with van der Waals surface area (Å²) in [6.45, 7) is 4.90. The lowest BCUT2D eigenvalue weighted by Crippen LogP contribution is -2.40. The maximum atomic E-state index is 13.6. The SMILES string of the molecule is CCCc1ncc(-c2ccncc2)c(C2CCCCN2C(=O)Cc2cc(C)ccc2OC)n1. The zero-order valence-electron chi connectivity index (χ0n) is 19.8. The van der Waals surface area contributed by atoms with Gasteiger partial charge < -0.3 is 9.64 Å². The molecule has 1 aliphatic rings. The summed E-state index contributed by atoms with van der Waals surface area (Å²) in [4.78, 5) is 29.4. The second-order valence-electron chi connectivity index (χ2n) is 8.66. The summed E-state index contributed by atoms with van der Waals surface area (Å²) in [6, 6.07) is 9.89. The number of piperidine rings is 1. The number of methoxy groups -OCH3 is 1. The Labute approximate surface area is 196 Å². The van der Waals surface area contributed by atoms with E-state index in [-0.39, 0.29) is 11.9 Å². The molecule has 6 heteroatoms. The number of benzene rings is 1. The molecule has 0 saturated carbocycles. The lowest BCUT2D eigenvalue weighted by Gasteiger charge is -2.36. The predicted octanol–water partition coefficient (Wildman–Crippen LogP) is 5.10. The van der Waals surface area contributed by atoms with E-state index in [1.54, 1.807) is 19.5 Å². The Morgan fingerprint density at radius 1 is 1.18 bits per heavy atom. The van der Waals surface area contributed by atoms with E-state index < -0.39 is 0 Å². The van der Waals surface area contributed by atoms with Gasteiger partial charge in [0.05, 0.1) is 25.3 Å². The Bertz CT molecular complexity index is 1100. The summed E-state index contributed by atoms with van der Waals surface area (Å²) in [5.74, 6) is 1.70. The number of aromatic nitrogens is 3.